The zero-order chi connectivity index (χ0) is 35.6. The van der Waals surface area contributed by atoms with Gasteiger partial charge in [-0.05, 0) is 40.8 Å². The Balaban J connectivity index is 1.00. The lowest BCUT2D eigenvalue weighted by atomic mass is 9.97. The van der Waals surface area contributed by atoms with Gasteiger partial charge in [0.2, 0.25) is 0 Å². The molecule has 4 aromatic heterocycles. The lowest BCUT2D eigenvalue weighted by molar-refractivity contribution is 1.08. The molecule has 252 valence electrons. The van der Waals surface area contributed by atoms with E-state index < -0.39 is 0 Å². The fourth-order valence-corrected chi connectivity index (χ4v) is 9.89. The summed E-state index contributed by atoms with van der Waals surface area (Å²) in [5, 5.41) is 7.36. The molecular formula is C48H28N4S2. The molecule has 7 aromatic carbocycles. The highest BCUT2D eigenvalue weighted by molar-refractivity contribution is 7.26. The van der Waals surface area contributed by atoms with Crippen LogP contribution in [0.3, 0.4) is 0 Å². The Morgan fingerprint density at radius 3 is 1.69 bits per heavy atom. The summed E-state index contributed by atoms with van der Waals surface area (Å²) in [5.41, 5.74) is 7.23. The minimum atomic E-state index is 0.643. The normalized spacial score (nSPS) is 11.7. The molecule has 0 saturated carbocycles. The van der Waals surface area contributed by atoms with Crippen molar-refractivity contribution in [2.45, 2.75) is 0 Å². The van der Waals surface area contributed by atoms with Gasteiger partial charge in [0.25, 0.3) is 0 Å². The highest BCUT2D eigenvalue weighted by Crippen LogP contribution is 2.42. The highest BCUT2D eigenvalue weighted by Gasteiger charge is 2.18. The van der Waals surface area contributed by atoms with E-state index >= 15 is 0 Å². The van der Waals surface area contributed by atoms with Crippen LogP contribution in [-0.4, -0.2) is 19.9 Å². The number of hydrogen-bond donors (Lipinski definition) is 0. The van der Waals surface area contributed by atoms with Crippen molar-refractivity contribution in [3.63, 3.8) is 0 Å². The number of nitrogens with zero attached hydrogens (tertiary/aromatic N) is 4. The molecule has 11 rings (SSSR count). The molecule has 11 aromatic rings. The van der Waals surface area contributed by atoms with Gasteiger partial charge in [-0.15, -0.1) is 22.7 Å². The monoisotopic (exact) mass is 724 g/mol. The van der Waals surface area contributed by atoms with E-state index in [0.717, 1.165) is 49.3 Å². The third-order valence-electron chi connectivity index (χ3n) is 10.2. The molecule has 4 heterocycles. The molecule has 0 spiro atoms. The van der Waals surface area contributed by atoms with Crippen molar-refractivity contribution in [3.05, 3.63) is 170 Å². The number of pyridine rings is 1. The van der Waals surface area contributed by atoms with Crippen molar-refractivity contribution in [1.29, 1.82) is 0 Å². The van der Waals surface area contributed by atoms with Gasteiger partial charge in [0.05, 0.1) is 5.69 Å². The Bertz CT molecular complexity index is 3220. The summed E-state index contributed by atoms with van der Waals surface area (Å²) in [6.07, 6.45) is 0. The van der Waals surface area contributed by atoms with E-state index in [1.165, 1.54) is 41.0 Å². The summed E-state index contributed by atoms with van der Waals surface area (Å²) in [7, 11) is 0. The van der Waals surface area contributed by atoms with Crippen LogP contribution in [0.2, 0.25) is 0 Å². The lowest BCUT2D eigenvalue weighted by Crippen LogP contribution is -2.00. The molecule has 6 heteroatoms. The van der Waals surface area contributed by atoms with Crippen LogP contribution < -0.4 is 0 Å². The Morgan fingerprint density at radius 1 is 0.333 bits per heavy atom. The van der Waals surface area contributed by atoms with Crippen LogP contribution in [0.1, 0.15) is 0 Å². The van der Waals surface area contributed by atoms with E-state index in [-0.39, 0.29) is 0 Å². The molecule has 0 bridgehead atoms. The molecule has 0 aliphatic rings. The highest BCUT2D eigenvalue weighted by atomic mass is 32.1. The fraction of sp³-hybridized carbons (Fsp3) is 0. The van der Waals surface area contributed by atoms with Crippen molar-refractivity contribution in [2.75, 3.05) is 0 Å². The molecule has 0 unspecified atom stereocenters. The van der Waals surface area contributed by atoms with E-state index in [1.54, 1.807) is 22.7 Å². The summed E-state index contributed by atoms with van der Waals surface area (Å²) in [6.45, 7) is 0. The van der Waals surface area contributed by atoms with Crippen LogP contribution in [0, 0.1) is 0 Å². The number of thiophene rings is 2. The van der Waals surface area contributed by atoms with Crippen LogP contribution in [0.5, 0.6) is 0 Å². The number of hydrogen-bond acceptors (Lipinski definition) is 6. The maximum Gasteiger partial charge on any atom is 0.165 e. The van der Waals surface area contributed by atoms with Gasteiger partial charge in [0.1, 0.15) is 4.83 Å². The van der Waals surface area contributed by atoms with Crippen LogP contribution in [0.4, 0.5) is 0 Å². The zero-order valence-electron chi connectivity index (χ0n) is 28.8. The average molecular weight is 725 g/mol. The molecule has 54 heavy (non-hydrogen) atoms. The summed E-state index contributed by atoms with van der Waals surface area (Å²) >= 11 is 3.54. The first-order valence-electron chi connectivity index (χ1n) is 17.9. The van der Waals surface area contributed by atoms with E-state index in [1.807, 2.05) is 18.2 Å². The molecular weight excluding hydrogens is 697 g/mol. The summed E-state index contributed by atoms with van der Waals surface area (Å²) in [5.74, 6) is 1.97. The molecule has 0 radical (unpaired) electrons. The van der Waals surface area contributed by atoms with Crippen molar-refractivity contribution in [1.82, 2.24) is 19.9 Å². The Kier molecular flexibility index (Phi) is 7.18. The first-order chi connectivity index (χ1) is 26.7. The zero-order valence-corrected chi connectivity index (χ0v) is 30.4. The Hall–Kier alpha value is -6.60. The van der Waals surface area contributed by atoms with Crippen molar-refractivity contribution >= 4 is 73.9 Å². The topological polar surface area (TPSA) is 51.6 Å². The molecule has 0 aliphatic carbocycles. The first kappa shape index (κ1) is 31.0. The molecule has 0 saturated heterocycles. The molecule has 0 N–H and O–H groups in total. The molecule has 0 aliphatic heterocycles. The van der Waals surface area contributed by atoms with Gasteiger partial charge in [-0.25, -0.2) is 19.9 Å². The predicted molar refractivity (Wildman–Crippen MR) is 228 cm³/mol. The van der Waals surface area contributed by atoms with Gasteiger partial charge in [0, 0.05) is 63.3 Å². The van der Waals surface area contributed by atoms with Crippen LogP contribution in [-0.2, 0) is 0 Å². The van der Waals surface area contributed by atoms with E-state index in [0.29, 0.717) is 17.5 Å². The van der Waals surface area contributed by atoms with Gasteiger partial charge in [-0.3, -0.25) is 0 Å². The van der Waals surface area contributed by atoms with Gasteiger partial charge in [0.15, 0.2) is 17.5 Å². The summed E-state index contributed by atoms with van der Waals surface area (Å²) in [4.78, 5) is 21.6. The second-order valence-corrected chi connectivity index (χ2v) is 15.5. The third-order valence-corrected chi connectivity index (χ3v) is 12.5. The fourth-order valence-electron chi connectivity index (χ4n) is 7.58. The number of aromatic nitrogens is 4. The van der Waals surface area contributed by atoms with Gasteiger partial charge < -0.3 is 0 Å². The minimum Gasteiger partial charge on any atom is -0.236 e. The average Bonchev–Trinajstić information content (AvgIpc) is 3.82. The van der Waals surface area contributed by atoms with E-state index in [9.17, 15) is 0 Å². The van der Waals surface area contributed by atoms with Crippen molar-refractivity contribution in [2.24, 2.45) is 0 Å². The lowest BCUT2D eigenvalue weighted by Gasteiger charge is -2.11. The smallest absolute Gasteiger partial charge is 0.165 e. The quantitative estimate of drug-likeness (QED) is 0.177. The maximum atomic E-state index is 5.29. The van der Waals surface area contributed by atoms with Crippen LogP contribution >= 0.6 is 22.7 Å². The largest absolute Gasteiger partial charge is 0.236 e. The Labute approximate surface area is 318 Å². The summed E-state index contributed by atoms with van der Waals surface area (Å²) < 4.78 is 3.69. The van der Waals surface area contributed by atoms with Gasteiger partial charge in [-0.1, -0.05) is 146 Å². The molecule has 0 fully saturated rings. The standard InChI is InChI=1S/C48H28N4S2/c1-2-12-30(13-3-1)45-50-46(52-47(51-45)39-21-11-20-37-34-16-6-8-22-40(34)53-44(37)39)31-26-24-29(25-27-31)32-14-10-15-33(28-32)43-36-18-5-4-17-35(36)42-38-19-7-9-23-41(38)54-48(42)49-43/h1-28H. The third kappa shape index (κ3) is 5.11. The molecule has 4 nitrogen and oxygen atoms in total. The number of rotatable bonds is 5. The van der Waals surface area contributed by atoms with E-state index in [2.05, 4.69) is 152 Å². The van der Waals surface area contributed by atoms with Gasteiger partial charge >= 0.3 is 0 Å². The van der Waals surface area contributed by atoms with E-state index in [4.69, 9.17) is 19.9 Å². The first-order valence-corrected chi connectivity index (χ1v) is 19.5. The summed E-state index contributed by atoms with van der Waals surface area (Å²) in [6, 6.07) is 59.7. The number of fused-ring (bicyclic) bond motifs is 8. The molecule has 0 atom stereocenters. The second kappa shape index (κ2) is 12.5. The number of benzene rings is 7. The van der Waals surface area contributed by atoms with Gasteiger partial charge in [-0.2, -0.15) is 0 Å². The van der Waals surface area contributed by atoms with Crippen LogP contribution in [0.25, 0.3) is 108 Å². The van der Waals surface area contributed by atoms with Crippen molar-refractivity contribution in [3.8, 4) is 56.5 Å². The molecule has 0 amide bonds. The van der Waals surface area contributed by atoms with Crippen molar-refractivity contribution < 1.29 is 0 Å². The SMILES string of the molecule is c1ccc(-c2nc(-c3ccc(-c4cccc(-c5nc6sc7ccccc7c6c6ccccc56)c4)cc3)nc(-c3cccc4c3sc3ccccc34)n2)cc1. The Morgan fingerprint density at radius 2 is 0.889 bits per heavy atom. The predicted octanol–water partition coefficient (Wildman–Crippen LogP) is 13.5. The maximum absolute atomic E-state index is 5.29. The second-order valence-electron chi connectivity index (χ2n) is 13.4. The minimum absolute atomic E-state index is 0.643. The van der Waals surface area contributed by atoms with Crippen LogP contribution in [0.15, 0.2) is 170 Å².